The SMILES string of the molecule is CCC(=O)N(CC#N)c1ccc(-c2ccc(C(=O)CCc3cccnc3)cc2)cc1. The Bertz CT molecular complexity index is 1040. The minimum absolute atomic E-state index is 0.0296. The van der Waals surface area contributed by atoms with Crippen molar-refractivity contribution in [2.24, 2.45) is 0 Å². The van der Waals surface area contributed by atoms with E-state index in [0.717, 1.165) is 16.7 Å². The van der Waals surface area contributed by atoms with Gasteiger partial charge in [0.25, 0.3) is 0 Å². The number of amides is 1. The van der Waals surface area contributed by atoms with Crippen molar-refractivity contribution in [1.82, 2.24) is 4.98 Å². The standard InChI is InChI=1S/C25H23N3O2/c1-2-25(30)28(17-15-26)23-12-10-21(11-13-23)20-6-8-22(9-7-20)24(29)14-5-19-4-3-16-27-18-19/h3-4,6-13,16,18H,2,5,14,17H2,1H3. The monoisotopic (exact) mass is 397 g/mol. The van der Waals surface area contributed by atoms with Crippen LogP contribution in [-0.2, 0) is 11.2 Å². The van der Waals surface area contributed by atoms with Gasteiger partial charge in [-0.3, -0.25) is 19.5 Å². The lowest BCUT2D eigenvalue weighted by atomic mass is 9.99. The van der Waals surface area contributed by atoms with Crippen molar-refractivity contribution >= 4 is 17.4 Å². The van der Waals surface area contributed by atoms with Crippen LogP contribution in [0.5, 0.6) is 0 Å². The molecule has 0 N–H and O–H groups in total. The van der Waals surface area contributed by atoms with Gasteiger partial charge in [-0.25, -0.2) is 0 Å². The molecule has 30 heavy (non-hydrogen) atoms. The van der Waals surface area contributed by atoms with Crippen LogP contribution in [0.4, 0.5) is 5.69 Å². The van der Waals surface area contributed by atoms with Gasteiger partial charge < -0.3 is 0 Å². The van der Waals surface area contributed by atoms with Crippen molar-refractivity contribution in [3.8, 4) is 17.2 Å². The number of hydrogen-bond acceptors (Lipinski definition) is 4. The van der Waals surface area contributed by atoms with E-state index < -0.39 is 0 Å². The van der Waals surface area contributed by atoms with Crippen molar-refractivity contribution in [3.63, 3.8) is 0 Å². The number of aryl methyl sites for hydroxylation is 1. The molecule has 0 saturated heterocycles. The third-order valence-corrected chi connectivity index (χ3v) is 4.92. The molecule has 3 aromatic rings. The molecule has 5 nitrogen and oxygen atoms in total. The molecule has 0 saturated carbocycles. The van der Waals surface area contributed by atoms with Crippen LogP contribution in [0.25, 0.3) is 11.1 Å². The second kappa shape index (κ2) is 10.1. The first-order chi connectivity index (χ1) is 14.6. The van der Waals surface area contributed by atoms with Crippen LogP contribution in [0.3, 0.4) is 0 Å². The van der Waals surface area contributed by atoms with Gasteiger partial charge in [0.2, 0.25) is 5.91 Å². The minimum atomic E-state index is -0.0848. The highest BCUT2D eigenvalue weighted by Crippen LogP contribution is 2.24. The molecule has 0 aliphatic heterocycles. The summed E-state index contributed by atoms with van der Waals surface area (Å²) >= 11 is 0. The molecular weight excluding hydrogens is 374 g/mol. The summed E-state index contributed by atoms with van der Waals surface area (Å²) in [5.74, 6) is 0.0180. The van der Waals surface area contributed by atoms with Crippen molar-refractivity contribution in [3.05, 3.63) is 84.2 Å². The fourth-order valence-electron chi connectivity index (χ4n) is 3.22. The van der Waals surface area contributed by atoms with Crippen LogP contribution in [0.15, 0.2) is 73.1 Å². The number of nitrogens with zero attached hydrogens (tertiary/aromatic N) is 3. The second-order valence-electron chi connectivity index (χ2n) is 6.90. The molecule has 0 aliphatic rings. The van der Waals surface area contributed by atoms with Gasteiger partial charge >= 0.3 is 0 Å². The highest BCUT2D eigenvalue weighted by Gasteiger charge is 2.13. The first kappa shape index (κ1) is 20.9. The molecule has 1 heterocycles. The van der Waals surface area contributed by atoms with Crippen LogP contribution >= 0.6 is 0 Å². The van der Waals surface area contributed by atoms with Crippen molar-refractivity contribution in [2.45, 2.75) is 26.2 Å². The fraction of sp³-hybridized carbons (Fsp3) is 0.200. The number of ketones is 1. The van der Waals surface area contributed by atoms with Gasteiger partial charge in [0.15, 0.2) is 5.78 Å². The van der Waals surface area contributed by atoms with E-state index in [-0.39, 0.29) is 18.2 Å². The zero-order valence-corrected chi connectivity index (χ0v) is 16.9. The van der Waals surface area contributed by atoms with Crippen LogP contribution < -0.4 is 4.90 Å². The van der Waals surface area contributed by atoms with E-state index in [0.29, 0.717) is 30.5 Å². The number of Topliss-reactive ketones (excluding diaryl/α,β-unsaturated/α-hetero) is 1. The van der Waals surface area contributed by atoms with E-state index >= 15 is 0 Å². The number of hydrogen-bond donors (Lipinski definition) is 0. The third kappa shape index (κ3) is 5.18. The quantitative estimate of drug-likeness (QED) is 0.403. The van der Waals surface area contributed by atoms with Gasteiger partial charge in [-0.05, 0) is 41.3 Å². The van der Waals surface area contributed by atoms with Crippen molar-refractivity contribution in [2.75, 3.05) is 11.4 Å². The van der Waals surface area contributed by atoms with E-state index in [1.165, 1.54) is 4.90 Å². The molecule has 3 rings (SSSR count). The molecule has 0 aliphatic carbocycles. The molecule has 0 radical (unpaired) electrons. The van der Waals surface area contributed by atoms with E-state index in [1.54, 1.807) is 19.3 Å². The van der Waals surface area contributed by atoms with Crippen molar-refractivity contribution < 1.29 is 9.59 Å². The smallest absolute Gasteiger partial charge is 0.227 e. The maximum Gasteiger partial charge on any atom is 0.227 e. The summed E-state index contributed by atoms with van der Waals surface area (Å²) in [6.45, 7) is 1.81. The summed E-state index contributed by atoms with van der Waals surface area (Å²) in [5, 5.41) is 8.97. The van der Waals surface area contributed by atoms with E-state index in [9.17, 15) is 9.59 Å². The summed E-state index contributed by atoms with van der Waals surface area (Å²) < 4.78 is 0. The van der Waals surface area contributed by atoms with Gasteiger partial charge in [-0.2, -0.15) is 5.26 Å². The van der Waals surface area contributed by atoms with Crippen molar-refractivity contribution in [1.29, 1.82) is 5.26 Å². The number of aromatic nitrogens is 1. The van der Waals surface area contributed by atoms with Gasteiger partial charge in [0.05, 0.1) is 6.07 Å². The molecule has 1 amide bonds. The lowest BCUT2D eigenvalue weighted by Crippen LogP contribution is -2.30. The van der Waals surface area contributed by atoms with Gasteiger partial charge in [-0.15, -0.1) is 0 Å². The Hall–Kier alpha value is -3.78. The second-order valence-corrected chi connectivity index (χ2v) is 6.90. The molecule has 0 unspecified atom stereocenters. The minimum Gasteiger partial charge on any atom is -0.299 e. The summed E-state index contributed by atoms with van der Waals surface area (Å²) in [7, 11) is 0. The topological polar surface area (TPSA) is 74.1 Å². The zero-order valence-electron chi connectivity index (χ0n) is 16.9. The number of anilines is 1. The predicted octanol–water partition coefficient (Wildman–Crippen LogP) is 4.83. The third-order valence-electron chi connectivity index (χ3n) is 4.92. The predicted molar refractivity (Wildman–Crippen MR) is 117 cm³/mol. The molecular formula is C25H23N3O2. The number of carbonyl (C=O) groups excluding carboxylic acids is 2. The molecule has 150 valence electrons. The molecule has 1 aromatic heterocycles. The first-order valence-electron chi connectivity index (χ1n) is 9.92. The number of nitriles is 1. The van der Waals surface area contributed by atoms with Gasteiger partial charge in [-0.1, -0.05) is 49.4 Å². The Balaban J connectivity index is 1.67. The summed E-state index contributed by atoms with van der Waals surface area (Å²) in [6, 6.07) is 20.9. The maximum atomic E-state index is 12.5. The Morgan fingerprint density at radius 2 is 1.67 bits per heavy atom. The molecule has 5 heteroatoms. The summed E-state index contributed by atoms with van der Waals surface area (Å²) in [6.07, 6.45) is 4.97. The zero-order chi connectivity index (χ0) is 21.3. The van der Waals surface area contributed by atoms with Crippen LogP contribution in [0, 0.1) is 11.3 Å². The molecule has 0 atom stereocenters. The molecule has 0 fully saturated rings. The van der Waals surface area contributed by atoms with E-state index in [2.05, 4.69) is 4.98 Å². The number of benzene rings is 2. The molecule has 0 spiro atoms. The number of pyridine rings is 1. The van der Waals surface area contributed by atoms with E-state index in [1.807, 2.05) is 66.7 Å². The van der Waals surface area contributed by atoms with E-state index in [4.69, 9.17) is 5.26 Å². The summed E-state index contributed by atoms with van der Waals surface area (Å²) in [5.41, 5.74) is 4.41. The van der Waals surface area contributed by atoms with Crippen LogP contribution in [-0.4, -0.2) is 23.2 Å². The fourth-order valence-corrected chi connectivity index (χ4v) is 3.22. The number of rotatable bonds is 8. The average Bonchev–Trinajstić information content (AvgIpc) is 2.81. The molecule has 2 aromatic carbocycles. The Morgan fingerprint density at radius 1 is 1.00 bits per heavy atom. The van der Waals surface area contributed by atoms with Gasteiger partial charge in [0.1, 0.15) is 6.54 Å². The first-order valence-corrected chi connectivity index (χ1v) is 9.92. The average molecular weight is 397 g/mol. The highest BCUT2D eigenvalue weighted by atomic mass is 16.2. The Kier molecular flexibility index (Phi) is 7.07. The number of carbonyl (C=O) groups is 2. The highest BCUT2D eigenvalue weighted by molar-refractivity contribution is 5.96. The van der Waals surface area contributed by atoms with Gasteiger partial charge in [0, 0.05) is 36.5 Å². The molecule has 0 bridgehead atoms. The normalized spacial score (nSPS) is 10.3. The lowest BCUT2D eigenvalue weighted by Gasteiger charge is -2.19. The summed E-state index contributed by atoms with van der Waals surface area (Å²) in [4.78, 5) is 30.1. The largest absolute Gasteiger partial charge is 0.299 e. The maximum absolute atomic E-state index is 12.5. The van der Waals surface area contributed by atoms with Crippen LogP contribution in [0.2, 0.25) is 0 Å². The van der Waals surface area contributed by atoms with Crippen LogP contribution in [0.1, 0.15) is 35.7 Å². The lowest BCUT2D eigenvalue weighted by molar-refractivity contribution is -0.118. The Morgan fingerprint density at radius 3 is 2.23 bits per heavy atom. The Labute approximate surface area is 176 Å².